The molecule has 0 saturated heterocycles. The molecule has 0 radical (unpaired) electrons. The number of aliphatic imine (C=N–C) groups is 1. The maximum absolute atomic E-state index is 12.6. The Morgan fingerprint density at radius 3 is 2.47 bits per heavy atom. The molecule has 0 fully saturated rings. The van der Waals surface area contributed by atoms with Crippen LogP contribution >= 0.6 is 0 Å². The predicted molar refractivity (Wildman–Crippen MR) is 130 cm³/mol. The van der Waals surface area contributed by atoms with E-state index in [0.717, 1.165) is 4.68 Å². The second kappa shape index (κ2) is 10.6. The molecule has 1 aromatic carbocycles. The fraction of sp³-hybridized carbons (Fsp3) is 0.136. The minimum atomic E-state index is -0.649. The zero-order valence-corrected chi connectivity index (χ0v) is 18.6. The van der Waals surface area contributed by atoms with Gasteiger partial charge in [-0.05, 0) is 42.1 Å². The zero-order chi connectivity index (χ0) is 24.7. The van der Waals surface area contributed by atoms with Crippen molar-refractivity contribution in [2.75, 3.05) is 19.5 Å². The lowest BCUT2D eigenvalue weighted by Gasteiger charge is -2.19. The highest BCUT2D eigenvalue weighted by atomic mass is 16.5. The predicted octanol–water partition coefficient (Wildman–Crippen LogP) is 1.44. The van der Waals surface area contributed by atoms with Gasteiger partial charge >= 0.3 is 5.69 Å². The van der Waals surface area contributed by atoms with Crippen LogP contribution in [0.2, 0.25) is 0 Å². The van der Waals surface area contributed by atoms with Crippen molar-refractivity contribution >= 4 is 23.6 Å². The van der Waals surface area contributed by atoms with Gasteiger partial charge in [0.1, 0.15) is 11.9 Å². The average Bonchev–Trinajstić information content (AvgIpc) is 3.23. The largest absolute Gasteiger partial charge is 0.481 e. The summed E-state index contributed by atoms with van der Waals surface area (Å²) in [6, 6.07) is 9.68. The number of hydrogen-bond acceptors (Lipinski definition) is 9. The Morgan fingerprint density at radius 1 is 1.26 bits per heavy atom. The van der Waals surface area contributed by atoms with E-state index in [2.05, 4.69) is 32.0 Å². The zero-order valence-electron chi connectivity index (χ0n) is 18.6. The van der Waals surface area contributed by atoms with E-state index >= 15 is 0 Å². The Morgan fingerprint density at radius 2 is 1.91 bits per heavy atom. The van der Waals surface area contributed by atoms with Gasteiger partial charge in [0.15, 0.2) is 11.6 Å². The van der Waals surface area contributed by atoms with E-state index in [1.165, 1.54) is 32.7 Å². The molecule has 2 aromatic heterocycles. The van der Waals surface area contributed by atoms with Crippen molar-refractivity contribution in [2.45, 2.75) is 6.04 Å². The molecular weight excluding hydrogens is 438 g/mol. The molecule has 12 nitrogen and oxygen atoms in total. The van der Waals surface area contributed by atoms with Gasteiger partial charge in [0.2, 0.25) is 11.8 Å². The molecule has 7 N–H and O–H groups in total. The van der Waals surface area contributed by atoms with Crippen LogP contribution in [-0.4, -0.2) is 46.0 Å². The normalized spacial score (nSPS) is 12.1. The summed E-state index contributed by atoms with van der Waals surface area (Å²) in [6.07, 6.45) is 4.19. The number of nitrogens with one attached hydrogen (secondary N) is 3. The van der Waals surface area contributed by atoms with Crippen molar-refractivity contribution in [1.82, 2.24) is 19.7 Å². The molecular formula is C22H25N9O3. The van der Waals surface area contributed by atoms with Crippen molar-refractivity contribution in [1.29, 1.82) is 5.41 Å². The van der Waals surface area contributed by atoms with E-state index in [0.29, 0.717) is 28.6 Å². The minimum absolute atomic E-state index is 0.0432. The van der Waals surface area contributed by atoms with E-state index in [9.17, 15) is 4.79 Å². The summed E-state index contributed by atoms with van der Waals surface area (Å²) in [6.45, 7) is 3.77. The topological polar surface area (TPSA) is 182 Å². The lowest BCUT2D eigenvalue weighted by atomic mass is 10.1. The summed E-state index contributed by atoms with van der Waals surface area (Å²) >= 11 is 0. The minimum Gasteiger partial charge on any atom is -0.481 e. The molecule has 2 heterocycles. The fourth-order valence-corrected chi connectivity index (χ4v) is 2.98. The molecule has 0 aliphatic carbocycles. The van der Waals surface area contributed by atoms with Gasteiger partial charge in [-0.2, -0.15) is 9.67 Å². The first-order valence-electron chi connectivity index (χ1n) is 9.96. The van der Waals surface area contributed by atoms with Gasteiger partial charge in [-0.25, -0.2) is 9.79 Å². The summed E-state index contributed by atoms with van der Waals surface area (Å²) in [5, 5.41) is 15.3. The van der Waals surface area contributed by atoms with Gasteiger partial charge in [0.05, 0.1) is 14.2 Å². The number of nitrogen functional groups attached to an aromatic ring is 1. The third kappa shape index (κ3) is 5.48. The van der Waals surface area contributed by atoms with Crippen molar-refractivity contribution in [3.8, 4) is 11.8 Å². The highest BCUT2D eigenvalue weighted by Gasteiger charge is 2.22. The number of benzene rings is 1. The number of nitrogens with zero attached hydrogens (tertiary/aromatic N) is 4. The van der Waals surface area contributed by atoms with Crippen molar-refractivity contribution in [3.63, 3.8) is 0 Å². The second-order valence-electron chi connectivity index (χ2n) is 6.86. The summed E-state index contributed by atoms with van der Waals surface area (Å²) in [5.41, 5.74) is 12.2. The van der Waals surface area contributed by atoms with E-state index in [-0.39, 0.29) is 17.5 Å². The molecule has 1 atom stereocenters. The number of amidine groups is 1. The first-order valence-corrected chi connectivity index (χ1v) is 9.96. The average molecular weight is 464 g/mol. The van der Waals surface area contributed by atoms with Crippen LogP contribution in [-0.2, 0) is 0 Å². The van der Waals surface area contributed by atoms with Crippen LogP contribution < -0.4 is 31.9 Å². The van der Waals surface area contributed by atoms with Crippen LogP contribution in [0.5, 0.6) is 11.8 Å². The number of pyridine rings is 1. The highest BCUT2D eigenvalue weighted by molar-refractivity contribution is 5.95. The third-order valence-corrected chi connectivity index (χ3v) is 4.63. The highest BCUT2D eigenvalue weighted by Crippen LogP contribution is 2.29. The molecule has 0 amide bonds. The molecule has 0 spiro atoms. The lowest BCUT2D eigenvalue weighted by Crippen LogP contribution is -2.16. The van der Waals surface area contributed by atoms with Crippen molar-refractivity contribution < 1.29 is 9.47 Å². The first-order chi connectivity index (χ1) is 16.4. The Bertz CT molecular complexity index is 1270. The molecule has 34 heavy (non-hydrogen) atoms. The van der Waals surface area contributed by atoms with Gasteiger partial charge in [0, 0.05) is 29.6 Å². The monoisotopic (exact) mass is 463 g/mol. The van der Waals surface area contributed by atoms with Crippen LogP contribution in [0.25, 0.3) is 5.82 Å². The fourth-order valence-electron chi connectivity index (χ4n) is 2.98. The number of nitrogens with two attached hydrogens (primary N) is 2. The number of allylic oxidation sites excluding steroid dienone is 1. The van der Waals surface area contributed by atoms with Crippen molar-refractivity contribution in [3.05, 3.63) is 82.7 Å². The van der Waals surface area contributed by atoms with Gasteiger partial charge < -0.3 is 26.3 Å². The maximum Gasteiger partial charge on any atom is 0.349 e. The van der Waals surface area contributed by atoms with Gasteiger partial charge in [-0.1, -0.05) is 6.58 Å². The number of ether oxygens (including phenoxy) is 2. The number of hydrogen-bond donors (Lipinski definition) is 5. The van der Waals surface area contributed by atoms with E-state index in [1.54, 1.807) is 36.4 Å². The molecule has 3 aromatic rings. The number of rotatable bonds is 10. The van der Waals surface area contributed by atoms with E-state index in [4.69, 9.17) is 26.4 Å². The smallest absolute Gasteiger partial charge is 0.349 e. The molecule has 0 aliphatic rings. The molecule has 0 saturated carbocycles. The van der Waals surface area contributed by atoms with E-state index < -0.39 is 11.7 Å². The van der Waals surface area contributed by atoms with Crippen LogP contribution in [0, 0.1) is 5.41 Å². The van der Waals surface area contributed by atoms with Crippen LogP contribution in [0.3, 0.4) is 0 Å². The standard InChI is InChI=1S/C22H25N9O3/c1-13(26-10-4-9-23)31-22(32)29-21(30-31)19(15-11-17(33-2)28-18(12-15)34-3)27-16-7-5-14(6-8-16)20(24)25/h4-12,19,27H,1,23H2,2-3H3,(H3,24,25)(H,29,30,32)/b9-4-,26-10?. The molecule has 3 rings (SSSR count). The number of anilines is 1. The molecule has 0 bridgehead atoms. The Balaban J connectivity index is 2.07. The van der Waals surface area contributed by atoms with Gasteiger partial charge in [-0.15, -0.1) is 5.10 Å². The number of aromatic nitrogens is 4. The first kappa shape index (κ1) is 23.8. The molecule has 12 heteroatoms. The van der Waals surface area contributed by atoms with Crippen LogP contribution in [0.1, 0.15) is 23.0 Å². The molecule has 0 aliphatic heterocycles. The lowest BCUT2D eigenvalue weighted by molar-refractivity contribution is 0.363. The van der Waals surface area contributed by atoms with Gasteiger partial charge in [-0.3, -0.25) is 10.4 Å². The van der Waals surface area contributed by atoms with Crippen LogP contribution in [0.4, 0.5) is 5.69 Å². The van der Waals surface area contributed by atoms with E-state index in [1.807, 2.05) is 0 Å². The summed E-state index contributed by atoms with van der Waals surface area (Å²) < 4.78 is 11.6. The maximum atomic E-state index is 12.6. The van der Waals surface area contributed by atoms with Crippen molar-refractivity contribution in [2.24, 2.45) is 16.5 Å². The summed E-state index contributed by atoms with van der Waals surface area (Å²) in [5.74, 6) is 0.968. The quantitative estimate of drug-likeness (QED) is 0.221. The SMILES string of the molecule is C=C(N=C/C=C\N)n1nc(C(Nc2ccc(C(=N)N)cc2)c2cc(OC)nc(OC)c2)[nH]c1=O. The molecule has 176 valence electrons. The summed E-state index contributed by atoms with van der Waals surface area (Å²) in [4.78, 5) is 23.6. The number of H-pyrrole nitrogens is 1. The van der Waals surface area contributed by atoms with Gasteiger partial charge in [0.25, 0.3) is 0 Å². The van der Waals surface area contributed by atoms with Crippen LogP contribution in [0.15, 0.2) is 65.0 Å². The third-order valence-electron chi connectivity index (χ3n) is 4.63. The number of aromatic amines is 1. The second-order valence-corrected chi connectivity index (χ2v) is 6.86. The Labute approximate surface area is 195 Å². The molecule has 1 unspecified atom stereocenters. The Kier molecular flexibility index (Phi) is 7.44. The summed E-state index contributed by atoms with van der Waals surface area (Å²) in [7, 11) is 2.98. The number of methoxy groups -OCH3 is 2. The Hall–Kier alpha value is -4.87.